The Morgan fingerprint density at radius 1 is 0.923 bits per heavy atom. The zero-order valence-electron chi connectivity index (χ0n) is 35.3. The average Bonchev–Trinajstić information content (AvgIpc) is 3.83. The number of amides is 4. The Kier molecular flexibility index (Phi) is 11.9. The van der Waals surface area contributed by atoms with Crippen molar-refractivity contribution in [1.82, 2.24) is 39.7 Å². The van der Waals surface area contributed by atoms with Crippen LogP contribution >= 0.6 is 0 Å². The van der Waals surface area contributed by atoms with Crippen LogP contribution in [0.15, 0.2) is 79.6 Å². The Labute approximate surface area is 371 Å². The minimum Gasteiger partial charge on any atom is -0.488 e. The number of carbonyl (C=O) groups is 4. The number of imide groups is 2. The van der Waals surface area contributed by atoms with Gasteiger partial charge < -0.3 is 31.0 Å². The number of pyridine rings is 2. The molecule has 9 rings (SSSR count). The van der Waals surface area contributed by atoms with Crippen molar-refractivity contribution >= 4 is 52.0 Å². The van der Waals surface area contributed by atoms with Gasteiger partial charge in [0.2, 0.25) is 11.8 Å². The van der Waals surface area contributed by atoms with Crippen LogP contribution in [0.4, 0.5) is 26.0 Å². The van der Waals surface area contributed by atoms with Crippen LogP contribution < -0.4 is 31.7 Å². The lowest BCUT2D eigenvalue weighted by Crippen LogP contribution is -2.54. The summed E-state index contributed by atoms with van der Waals surface area (Å²) in [5.74, 6) is -4.20. The molecule has 4 amide bonds. The number of carbonyl (C=O) groups excluding carboxylic acids is 4. The van der Waals surface area contributed by atoms with Crippen LogP contribution in [0.1, 0.15) is 83.3 Å². The van der Waals surface area contributed by atoms with Crippen LogP contribution in [0, 0.1) is 11.6 Å². The number of nitrogen functional groups attached to an aromatic ring is 1. The van der Waals surface area contributed by atoms with Crippen molar-refractivity contribution < 1.29 is 32.7 Å². The summed E-state index contributed by atoms with van der Waals surface area (Å²) in [4.78, 5) is 75.8. The van der Waals surface area contributed by atoms with Gasteiger partial charge in [-0.1, -0.05) is 25.0 Å². The van der Waals surface area contributed by atoms with Gasteiger partial charge in [-0.2, -0.15) is 0 Å². The zero-order valence-corrected chi connectivity index (χ0v) is 35.3. The van der Waals surface area contributed by atoms with Crippen molar-refractivity contribution in [2.45, 2.75) is 69.5 Å². The van der Waals surface area contributed by atoms with Crippen LogP contribution in [0.25, 0.3) is 22.4 Å². The van der Waals surface area contributed by atoms with Crippen molar-refractivity contribution in [2.75, 3.05) is 42.2 Å². The number of fused-ring (bicyclic) bond motifs is 2. The van der Waals surface area contributed by atoms with Crippen LogP contribution in [-0.4, -0.2) is 90.3 Å². The summed E-state index contributed by atoms with van der Waals surface area (Å²) in [6, 6.07) is 13.8. The fraction of sp³-hybridized carbons (Fsp3) is 0.326. The molecule has 0 bridgehead atoms. The number of hydrogen-bond acceptors (Lipinski definition) is 14. The van der Waals surface area contributed by atoms with Gasteiger partial charge in [-0.25, -0.2) is 23.7 Å². The molecule has 2 fully saturated rings. The molecule has 7 heterocycles. The second-order valence-electron chi connectivity index (χ2n) is 16.5. The normalized spacial score (nSPS) is 18.6. The Hall–Kier alpha value is -7.41. The molecule has 0 aliphatic carbocycles. The highest BCUT2D eigenvalue weighted by Gasteiger charge is 2.45. The van der Waals surface area contributed by atoms with Gasteiger partial charge in [0.1, 0.15) is 17.9 Å². The Morgan fingerprint density at radius 3 is 2.55 bits per heavy atom. The molecule has 2 saturated heterocycles. The van der Waals surface area contributed by atoms with Crippen molar-refractivity contribution in [3.63, 3.8) is 0 Å². The number of nitrogens with two attached hydrogens (primary N) is 2. The molecule has 0 radical (unpaired) electrons. The van der Waals surface area contributed by atoms with Crippen LogP contribution in [-0.2, 0) is 21.7 Å². The molecule has 19 heteroatoms. The van der Waals surface area contributed by atoms with Gasteiger partial charge in [-0.05, 0) is 80.1 Å². The van der Waals surface area contributed by atoms with Crippen LogP contribution in [0.5, 0.6) is 5.75 Å². The summed E-state index contributed by atoms with van der Waals surface area (Å²) in [5, 5.41) is 5.43. The van der Waals surface area contributed by atoms with E-state index in [4.69, 9.17) is 21.2 Å². The standard InChI is InChI=1S/C46H46F2N12O5/c47-30-19-27(20-31(48)40(30)65-18-6-2-1-4-15-51-32-10-7-9-29-38(32)45(64)60(44(29)63)34-12-13-37(61)57-43(34)62)33-21-28(23-59-26-56-39-41(49)54-25-55-42(39)59)35(22-53-33)58-17-8-14-46(50,24-58)36-11-3-5-16-52-36/h3,5,7,9-11,16,19-22,25-26,34,51H,1-2,4,6,8,12-15,17-18,23-24,50H2,(H2,49,54,55)(H,57,61,62)/t34?,46-/m0/s1. The number of rotatable bonds is 15. The molecule has 17 nitrogen and oxygen atoms in total. The van der Waals surface area contributed by atoms with E-state index in [1.165, 1.54) is 18.5 Å². The first kappa shape index (κ1) is 42.9. The molecular weight excluding hydrogens is 839 g/mol. The van der Waals surface area contributed by atoms with Crippen molar-refractivity contribution in [3.8, 4) is 17.0 Å². The Bertz CT molecular complexity index is 2800. The summed E-state index contributed by atoms with van der Waals surface area (Å²) in [5.41, 5.74) is 17.2. The molecule has 2 aromatic carbocycles. The van der Waals surface area contributed by atoms with Crippen molar-refractivity contribution in [1.29, 1.82) is 0 Å². The summed E-state index contributed by atoms with van der Waals surface area (Å²) >= 11 is 0. The smallest absolute Gasteiger partial charge is 0.264 e. The monoisotopic (exact) mass is 884 g/mol. The van der Waals surface area contributed by atoms with E-state index in [0.717, 1.165) is 41.1 Å². The third-order valence-corrected chi connectivity index (χ3v) is 12.2. The van der Waals surface area contributed by atoms with Crippen molar-refractivity contribution in [3.05, 3.63) is 114 Å². The summed E-state index contributed by atoms with van der Waals surface area (Å²) in [6.45, 7) is 2.04. The molecule has 3 aliphatic rings. The highest BCUT2D eigenvalue weighted by Crippen LogP contribution is 2.36. The van der Waals surface area contributed by atoms with Gasteiger partial charge in [0, 0.05) is 43.5 Å². The number of unbranched alkanes of at least 4 members (excludes halogenated alkanes) is 3. The largest absolute Gasteiger partial charge is 0.488 e. The predicted octanol–water partition coefficient (Wildman–Crippen LogP) is 5.10. The topological polar surface area (TPSA) is 229 Å². The number of imidazole rings is 1. The van der Waals surface area contributed by atoms with Gasteiger partial charge >= 0.3 is 0 Å². The summed E-state index contributed by atoms with van der Waals surface area (Å²) in [6.07, 6.45) is 10.8. The second-order valence-corrected chi connectivity index (χ2v) is 16.5. The van der Waals surface area contributed by atoms with Gasteiger partial charge in [0.05, 0.1) is 59.4 Å². The summed E-state index contributed by atoms with van der Waals surface area (Å²) < 4.78 is 38.7. The van der Waals surface area contributed by atoms with E-state index < -0.39 is 52.6 Å². The molecule has 65 heavy (non-hydrogen) atoms. The molecule has 1 unspecified atom stereocenters. The highest BCUT2D eigenvalue weighted by molar-refractivity contribution is 6.25. The van der Waals surface area contributed by atoms with Crippen LogP contribution in [0.3, 0.4) is 0 Å². The molecular formula is C46H46F2N12O5. The number of benzene rings is 2. The lowest BCUT2D eigenvalue weighted by atomic mass is 9.86. The SMILES string of the molecule is Nc1ncnc2c1ncn2Cc1cc(-c2cc(F)c(OCCCCCCNc3cccc4c3C(=O)N(C3CCC(=O)NC3=O)C4=O)c(F)c2)ncc1N1CCC[C@@](N)(c2ccccn2)C1. The number of anilines is 3. The Morgan fingerprint density at radius 2 is 1.75 bits per heavy atom. The Balaban J connectivity index is 0.827. The van der Waals surface area contributed by atoms with E-state index in [1.54, 1.807) is 36.9 Å². The number of aromatic nitrogens is 6. The number of piperidine rings is 2. The number of hydrogen-bond donors (Lipinski definition) is 4. The third kappa shape index (κ3) is 8.53. The molecule has 6 aromatic rings. The number of nitrogens with zero attached hydrogens (tertiary/aromatic N) is 8. The first-order chi connectivity index (χ1) is 31.5. The molecule has 6 N–H and O–H groups in total. The van der Waals surface area contributed by atoms with E-state index in [-0.39, 0.29) is 48.5 Å². The quantitative estimate of drug-likeness (QED) is 0.0778. The average molecular weight is 885 g/mol. The molecule has 3 aliphatic heterocycles. The number of ether oxygens (including phenoxy) is 1. The third-order valence-electron chi connectivity index (χ3n) is 12.2. The molecule has 334 valence electrons. The van der Waals surface area contributed by atoms with Gasteiger partial charge in [-0.3, -0.25) is 39.4 Å². The lowest BCUT2D eigenvalue weighted by molar-refractivity contribution is -0.136. The van der Waals surface area contributed by atoms with E-state index >= 15 is 8.78 Å². The van der Waals surface area contributed by atoms with Crippen molar-refractivity contribution in [2.24, 2.45) is 5.73 Å². The van der Waals surface area contributed by atoms with E-state index in [2.05, 4.69) is 35.5 Å². The maximum absolute atomic E-state index is 15.6. The van der Waals surface area contributed by atoms with E-state index in [9.17, 15) is 19.2 Å². The molecule has 2 atom stereocenters. The lowest BCUT2D eigenvalue weighted by Gasteiger charge is -2.41. The predicted molar refractivity (Wildman–Crippen MR) is 236 cm³/mol. The molecule has 0 saturated carbocycles. The van der Waals surface area contributed by atoms with E-state index in [1.807, 2.05) is 28.8 Å². The minimum absolute atomic E-state index is 0.0379. The second kappa shape index (κ2) is 18.0. The van der Waals surface area contributed by atoms with Gasteiger partial charge in [0.15, 0.2) is 28.8 Å². The first-order valence-corrected chi connectivity index (χ1v) is 21.6. The highest BCUT2D eigenvalue weighted by atomic mass is 19.1. The fourth-order valence-corrected chi connectivity index (χ4v) is 8.90. The fourth-order valence-electron chi connectivity index (χ4n) is 8.90. The van der Waals surface area contributed by atoms with Gasteiger partial charge in [-0.15, -0.1) is 0 Å². The number of nitrogens with one attached hydrogen (secondary N) is 2. The molecule has 4 aromatic heterocycles. The minimum atomic E-state index is -1.05. The maximum atomic E-state index is 15.6. The maximum Gasteiger partial charge on any atom is 0.264 e. The van der Waals surface area contributed by atoms with E-state index in [0.29, 0.717) is 61.4 Å². The zero-order chi connectivity index (χ0) is 45.2. The molecule has 0 spiro atoms. The van der Waals surface area contributed by atoms with Gasteiger partial charge in [0.25, 0.3) is 11.8 Å². The van der Waals surface area contributed by atoms with Crippen LogP contribution in [0.2, 0.25) is 0 Å². The number of halogens is 2. The summed E-state index contributed by atoms with van der Waals surface area (Å²) in [7, 11) is 0. The first-order valence-electron chi connectivity index (χ1n) is 21.6.